The van der Waals surface area contributed by atoms with Crippen LogP contribution in [0.2, 0.25) is 0 Å². The fourth-order valence-corrected chi connectivity index (χ4v) is 1.93. The van der Waals surface area contributed by atoms with Crippen molar-refractivity contribution in [3.8, 4) is 17.2 Å². The summed E-state index contributed by atoms with van der Waals surface area (Å²) in [5, 5.41) is 9.19. The molecule has 0 spiro atoms. The second-order valence-corrected chi connectivity index (χ2v) is 4.78. The van der Waals surface area contributed by atoms with Gasteiger partial charge in [0.2, 0.25) is 0 Å². The molecule has 0 bridgehead atoms. The maximum Gasteiger partial charge on any atom is 0.127 e. The Morgan fingerprint density at radius 3 is 1.89 bits per heavy atom. The van der Waals surface area contributed by atoms with Gasteiger partial charge >= 0.3 is 0 Å². The fraction of sp³-hybridized carbons (Fsp3) is 0.200. The highest BCUT2D eigenvalue weighted by Gasteiger charge is 2.39. The van der Waals surface area contributed by atoms with Crippen molar-refractivity contribution in [1.82, 2.24) is 0 Å². The minimum atomic E-state index is -0.100. The summed E-state index contributed by atoms with van der Waals surface area (Å²) in [7, 11) is 0. The summed E-state index contributed by atoms with van der Waals surface area (Å²) in [6.45, 7) is 0. The average Bonchev–Trinajstić information content (AvgIpc) is 3.12. The molecular weight excluding hydrogens is 226 g/mol. The molecule has 0 radical (unpaired) electrons. The van der Waals surface area contributed by atoms with Crippen molar-refractivity contribution in [2.24, 2.45) is 5.73 Å². The van der Waals surface area contributed by atoms with E-state index in [1.165, 1.54) is 5.56 Å². The Hall–Kier alpha value is -2.00. The first-order valence-corrected chi connectivity index (χ1v) is 6.02. The molecule has 0 aliphatic heterocycles. The Kier molecular flexibility index (Phi) is 2.49. The number of ether oxygens (including phenoxy) is 1. The molecular formula is C15H15NO2. The smallest absolute Gasteiger partial charge is 0.127 e. The van der Waals surface area contributed by atoms with E-state index < -0.39 is 0 Å². The van der Waals surface area contributed by atoms with E-state index in [0.717, 1.165) is 18.6 Å². The number of hydrogen-bond acceptors (Lipinski definition) is 3. The minimum Gasteiger partial charge on any atom is -0.508 e. The van der Waals surface area contributed by atoms with Crippen LogP contribution in [0.3, 0.4) is 0 Å². The third-order valence-corrected chi connectivity index (χ3v) is 3.29. The van der Waals surface area contributed by atoms with Crippen molar-refractivity contribution < 1.29 is 9.84 Å². The quantitative estimate of drug-likeness (QED) is 0.868. The van der Waals surface area contributed by atoms with Crippen molar-refractivity contribution >= 4 is 0 Å². The second kappa shape index (κ2) is 4.03. The lowest BCUT2D eigenvalue weighted by Crippen LogP contribution is -2.18. The Bertz CT molecular complexity index is 542. The third kappa shape index (κ3) is 2.17. The number of aromatic hydroxyl groups is 1. The molecule has 2 aromatic rings. The second-order valence-electron chi connectivity index (χ2n) is 4.78. The van der Waals surface area contributed by atoms with Crippen LogP contribution >= 0.6 is 0 Å². The van der Waals surface area contributed by atoms with Crippen LogP contribution in [-0.2, 0) is 5.54 Å². The summed E-state index contributed by atoms with van der Waals surface area (Å²) in [6, 6.07) is 14.5. The highest BCUT2D eigenvalue weighted by molar-refractivity contribution is 5.38. The van der Waals surface area contributed by atoms with E-state index in [1.807, 2.05) is 24.3 Å². The molecule has 0 aromatic heterocycles. The number of nitrogens with two attached hydrogens (primary N) is 1. The number of hydrogen-bond donors (Lipinski definition) is 2. The van der Waals surface area contributed by atoms with E-state index >= 15 is 0 Å². The van der Waals surface area contributed by atoms with Gasteiger partial charge in [-0.3, -0.25) is 0 Å². The number of benzene rings is 2. The summed E-state index contributed by atoms with van der Waals surface area (Å²) in [5.41, 5.74) is 7.19. The third-order valence-electron chi connectivity index (χ3n) is 3.29. The molecule has 2 aromatic carbocycles. The molecule has 3 nitrogen and oxygen atoms in total. The highest BCUT2D eigenvalue weighted by Crippen LogP contribution is 2.43. The van der Waals surface area contributed by atoms with E-state index in [1.54, 1.807) is 24.3 Å². The van der Waals surface area contributed by atoms with Crippen LogP contribution in [-0.4, -0.2) is 5.11 Å². The number of rotatable bonds is 3. The Morgan fingerprint density at radius 2 is 1.39 bits per heavy atom. The SMILES string of the molecule is NC1(c2ccc(Oc3ccc(O)cc3)cc2)CC1. The molecule has 1 aliphatic carbocycles. The predicted molar refractivity (Wildman–Crippen MR) is 69.7 cm³/mol. The summed E-state index contributed by atoms with van der Waals surface area (Å²) in [5.74, 6) is 1.71. The standard InChI is InChI=1S/C15H15NO2/c16-15(9-10-15)11-1-5-13(6-2-11)18-14-7-3-12(17)4-8-14/h1-8,17H,9-10,16H2. The molecule has 0 heterocycles. The van der Waals surface area contributed by atoms with Crippen LogP contribution in [0, 0.1) is 0 Å². The van der Waals surface area contributed by atoms with Gasteiger partial charge in [0.25, 0.3) is 0 Å². The summed E-state index contributed by atoms with van der Waals surface area (Å²) in [4.78, 5) is 0. The normalized spacial score (nSPS) is 16.3. The highest BCUT2D eigenvalue weighted by atomic mass is 16.5. The van der Waals surface area contributed by atoms with Gasteiger partial charge in [-0.15, -0.1) is 0 Å². The largest absolute Gasteiger partial charge is 0.508 e. The lowest BCUT2D eigenvalue weighted by atomic mass is 10.1. The van der Waals surface area contributed by atoms with Crippen molar-refractivity contribution in [1.29, 1.82) is 0 Å². The zero-order valence-electron chi connectivity index (χ0n) is 9.97. The first-order chi connectivity index (χ1) is 8.66. The lowest BCUT2D eigenvalue weighted by Gasteiger charge is -2.10. The van der Waals surface area contributed by atoms with Crippen molar-refractivity contribution in [3.63, 3.8) is 0 Å². The van der Waals surface area contributed by atoms with E-state index in [4.69, 9.17) is 10.5 Å². The van der Waals surface area contributed by atoms with Crippen LogP contribution in [0.15, 0.2) is 48.5 Å². The predicted octanol–water partition coefficient (Wildman–Crippen LogP) is 3.13. The molecule has 3 N–H and O–H groups in total. The van der Waals surface area contributed by atoms with Crippen molar-refractivity contribution in [3.05, 3.63) is 54.1 Å². The fourth-order valence-electron chi connectivity index (χ4n) is 1.93. The van der Waals surface area contributed by atoms with Gasteiger partial charge in [-0.25, -0.2) is 0 Å². The number of phenols is 1. The molecule has 3 heteroatoms. The molecule has 1 aliphatic rings. The zero-order chi connectivity index (χ0) is 12.6. The topological polar surface area (TPSA) is 55.5 Å². The molecule has 0 amide bonds. The van der Waals surface area contributed by atoms with Crippen LogP contribution in [0.1, 0.15) is 18.4 Å². The molecule has 1 saturated carbocycles. The summed E-state index contributed by atoms with van der Waals surface area (Å²) < 4.78 is 5.67. The molecule has 0 saturated heterocycles. The maximum absolute atomic E-state index is 9.19. The molecule has 92 valence electrons. The maximum atomic E-state index is 9.19. The monoisotopic (exact) mass is 241 g/mol. The van der Waals surface area contributed by atoms with Crippen LogP contribution in [0.5, 0.6) is 17.2 Å². The van der Waals surface area contributed by atoms with Gasteiger partial charge in [-0.1, -0.05) is 12.1 Å². The van der Waals surface area contributed by atoms with Crippen LogP contribution in [0.4, 0.5) is 0 Å². The summed E-state index contributed by atoms with van der Waals surface area (Å²) in [6.07, 6.45) is 2.12. The average molecular weight is 241 g/mol. The number of phenolic OH excluding ortho intramolecular Hbond substituents is 1. The molecule has 0 atom stereocenters. The Balaban J connectivity index is 1.75. The van der Waals surface area contributed by atoms with Crippen LogP contribution < -0.4 is 10.5 Å². The van der Waals surface area contributed by atoms with Gasteiger partial charge in [-0.2, -0.15) is 0 Å². The first-order valence-electron chi connectivity index (χ1n) is 6.02. The van der Waals surface area contributed by atoms with E-state index in [-0.39, 0.29) is 11.3 Å². The van der Waals surface area contributed by atoms with Gasteiger partial charge < -0.3 is 15.6 Å². The van der Waals surface area contributed by atoms with Gasteiger partial charge in [-0.05, 0) is 54.8 Å². The Morgan fingerprint density at radius 1 is 0.889 bits per heavy atom. The van der Waals surface area contributed by atoms with Crippen molar-refractivity contribution in [2.45, 2.75) is 18.4 Å². The molecule has 1 fully saturated rings. The van der Waals surface area contributed by atoms with Crippen molar-refractivity contribution in [2.75, 3.05) is 0 Å². The lowest BCUT2D eigenvalue weighted by molar-refractivity contribution is 0.464. The van der Waals surface area contributed by atoms with E-state index in [2.05, 4.69) is 0 Å². The first kappa shape index (κ1) is 11.1. The molecule has 0 unspecified atom stereocenters. The van der Waals surface area contributed by atoms with E-state index in [0.29, 0.717) is 5.75 Å². The molecule has 18 heavy (non-hydrogen) atoms. The van der Waals surface area contributed by atoms with Gasteiger partial charge in [0.15, 0.2) is 0 Å². The molecule has 3 rings (SSSR count). The van der Waals surface area contributed by atoms with Crippen LogP contribution in [0.25, 0.3) is 0 Å². The van der Waals surface area contributed by atoms with E-state index in [9.17, 15) is 5.11 Å². The van der Waals surface area contributed by atoms with Gasteiger partial charge in [0, 0.05) is 5.54 Å². The van der Waals surface area contributed by atoms with Gasteiger partial charge in [0.05, 0.1) is 0 Å². The summed E-state index contributed by atoms with van der Waals surface area (Å²) >= 11 is 0. The van der Waals surface area contributed by atoms with Gasteiger partial charge in [0.1, 0.15) is 17.2 Å². The minimum absolute atomic E-state index is 0.100. The zero-order valence-corrected chi connectivity index (χ0v) is 9.97. The Labute approximate surface area is 106 Å².